The number of aliphatic imine (C=N–C) groups is 1. The monoisotopic (exact) mass is 1240 g/mol. The van der Waals surface area contributed by atoms with Gasteiger partial charge in [0.05, 0.1) is 54.9 Å². The molecular weight excluding hydrogens is 1170 g/mol. The Morgan fingerprint density at radius 3 is 2.29 bits per heavy atom. The zero-order chi connectivity index (χ0) is 64.9. The van der Waals surface area contributed by atoms with Crippen molar-refractivity contribution in [2.75, 3.05) is 68.6 Å². The predicted octanol–water partition coefficient (Wildman–Crippen LogP) is 6.74. The molecule has 0 aliphatic carbocycles. The largest absolute Gasteiger partial charge is 0.493 e. The zero-order valence-corrected chi connectivity index (χ0v) is 51.6. The molecule has 25 nitrogen and oxygen atoms in total. The first-order chi connectivity index (χ1) is 43.7. The molecule has 3 aliphatic heterocycles. The third-order valence-corrected chi connectivity index (χ3v) is 16.0. The minimum absolute atomic E-state index is 0.0127. The van der Waals surface area contributed by atoms with Crippen LogP contribution in [0.2, 0.25) is 0 Å². The molecule has 9 rings (SSSR count). The number of ketones is 3. The van der Waals surface area contributed by atoms with Crippen molar-refractivity contribution < 1.29 is 62.2 Å². The molecule has 1 fully saturated rings. The van der Waals surface area contributed by atoms with Gasteiger partial charge >= 0.3 is 0 Å². The molecule has 0 unspecified atom stereocenters. The van der Waals surface area contributed by atoms with Crippen LogP contribution in [0, 0.1) is 12.8 Å². The number of aromatic nitrogens is 5. The van der Waals surface area contributed by atoms with Crippen molar-refractivity contribution in [1.82, 2.24) is 33.1 Å². The smallest absolute Gasteiger partial charge is 0.279 e. The van der Waals surface area contributed by atoms with Crippen molar-refractivity contribution in [1.29, 1.82) is 0 Å². The third kappa shape index (κ3) is 16.8. The van der Waals surface area contributed by atoms with Crippen molar-refractivity contribution >= 4 is 98.7 Å². The van der Waals surface area contributed by atoms with Crippen LogP contribution in [-0.2, 0) is 65.8 Å². The summed E-state index contributed by atoms with van der Waals surface area (Å²) in [6, 6.07) is 13.5. The van der Waals surface area contributed by atoms with Crippen LogP contribution < -0.4 is 26.4 Å². The molecule has 0 spiro atoms. The van der Waals surface area contributed by atoms with E-state index in [9.17, 15) is 47.9 Å². The van der Waals surface area contributed by atoms with Gasteiger partial charge in [0.15, 0.2) is 11.6 Å². The van der Waals surface area contributed by atoms with E-state index in [2.05, 4.69) is 32.5 Å². The molecule has 7 heterocycles. The van der Waals surface area contributed by atoms with Crippen LogP contribution in [0.25, 0.3) is 10.9 Å². The first-order valence-electron chi connectivity index (χ1n) is 30.4. The second-order valence-corrected chi connectivity index (χ2v) is 23.1. The molecule has 3 aliphatic rings. The van der Waals surface area contributed by atoms with Crippen LogP contribution in [-0.4, -0.2) is 157 Å². The molecule has 2 aromatic carbocycles. The summed E-state index contributed by atoms with van der Waals surface area (Å²) in [4.78, 5) is 142. The number of hydrogen-bond donors (Lipinski definition) is 4. The van der Waals surface area contributed by atoms with Gasteiger partial charge in [-0.05, 0) is 99.2 Å². The Balaban J connectivity index is 0.699. The van der Waals surface area contributed by atoms with Gasteiger partial charge in [-0.15, -0.1) is 0 Å². The standard InChI is InChI=1S/C66H76N12O13/c1-41-28-48-36-68-52-35-57(42(2)29-51(52)65(87)78(48)37-41)91-24-9-12-59(82)71-58-40-75(5)62(72-58)56(81)31-43-30-54(73(3)38-43)64(86)70-47-34-55(74(4)39-47)66(88)76-21-17-44-32-46(13-14-53(44)76)69-63(85)45(10-6-7-20-67)33-50(80)19-25-90-27-26-89-23-8-11-49(79)18-22-77-60(83)15-16-61(77)84/h13-17,21,29-30,32,34-36,38-40,45,48H,1,6-12,18-20,22-28,31,33,37,67H2,2-5H3,(H,69,85)(H,70,86)(H,71,82)/t45-,48+/m1/s1. The fourth-order valence-electron chi connectivity index (χ4n) is 11.2. The van der Waals surface area contributed by atoms with E-state index in [1.807, 2.05) is 6.92 Å². The summed E-state index contributed by atoms with van der Waals surface area (Å²) in [5, 5.41) is 9.24. The first kappa shape index (κ1) is 65.7. The number of aryl methyl sites for hydroxylation is 4. The van der Waals surface area contributed by atoms with Crippen molar-refractivity contribution in [3.63, 3.8) is 0 Å². The van der Waals surface area contributed by atoms with Gasteiger partial charge in [-0.1, -0.05) is 18.6 Å². The van der Waals surface area contributed by atoms with Gasteiger partial charge in [-0.25, -0.2) is 4.98 Å². The molecule has 478 valence electrons. The van der Waals surface area contributed by atoms with Gasteiger partial charge in [0.2, 0.25) is 17.6 Å². The Morgan fingerprint density at radius 1 is 0.747 bits per heavy atom. The molecule has 0 saturated carbocycles. The van der Waals surface area contributed by atoms with Gasteiger partial charge in [0, 0.05) is 146 Å². The summed E-state index contributed by atoms with van der Waals surface area (Å²) in [6.45, 7) is 8.11. The lowest BCUT2D eigenvalue weighted by molar-refractivity contribution is -0.137. The molecule has 2 atom stereocenters. The van der Waals surface area contributed by atoms with Gasteiger partial charge in [0.1, 0.15) is 28.7 Å². The Labute approximate surface area is 525 Å². The Morgan fingerprint density at radius 2 is 1.51 bits per heavy atom. The molecule has 25 heteroatoms. The number of amides is 6. The highest BCUT2D eigenvalue weighted by molar-refractivity contribution is 6.13. The van der Waals surface area contributed by atoms with E-state index in [1.54, 1.807) is 115 Å². The maximum atomic E-state index is 14.1. The number of Topliss-reactive ketones (excluding diaryl/α,β-unsaturated/α-hetero) is 3. The summed E-state index contributed by atoms with van der Waals surface area (Å²) < 4.78 is 23.4. The van der Waals surface area contributed by atoms with E-state index >= 15 is 0 Å². The average molecular weight is 1250 g/mol. The van der Waals surface area contributed by atoms with Gasteiger partial charge in [-0.2, -0.15) is 0 Å². The minimum Gasteiger partial charge on any atom is -0.493 e. The Bertz CT molecular complexity index is 3860. The number of hydrogen-bond acceptors (Lipinski definition) is 16. The van der Waals surface area contributed by atoms with E-state index in [0.717, 1.165) is 16.0 Å². The molecule has 6 amide bonds. The van der Waals surface area contributed by atoms with E-state index in [0.29, 0.717) is 103 Å². The molecule has 6 aromatic rings. The van der Waals surface area contributed by atoms with Crippen LogP contribution in [0.4, 0.5) is 22.9 Å². The lowest BCUT2D eigenvalue weighted by Crippen LogP contribution is -2.35. The first-order valence-corrected chi connectivity index (χ1v) is 30.4. The number of nitrogens with zero attached hydrogens (tertiary/aromatic N) is 8. The average Bonchev–Trinajstić information content (AvgIpc) is 1.71. The number of carbonyl (C=O) groups is 10. The second kappa shape index (κ2) is 30.2. The van der Waals surface area contributed by atoms with Crippen molar-refractivity contribution in [2.45, 2.75) is 90.0 Å². The normalized spacial score (nSPS) is 14.7. The topological polar surface area (TPSA) is 312 Å². The van der Waals surface area contributed by atoms with Crippen molar-refractivity contribution in [2.24, 2.45) is 37.8 Å². The second-order valence-electron chi connectivity index (χ2n) is 23.1. The maximum Gasteiger partial charge on any atom is 0.279 e. The van der Waals surface area contributed by atoms with E-state index in [4.69, 9.17) is 19.9 Å². The van der Waals surface area contributed by atoms with Crippen LogP contribution in [0.15, 0.2) is 103 Å². The third-order valence-electron chi connectivity index (χ3n) is 16.0. The lowest BCUT2D eigenvalue weighted by Gasteiger charge is -2.20. The van der Waals surface area contributed by atoms with Crippen LogP contribution in [0.1, 0.15) is 124 Å². The number of anilines is 3. The van der Waals surface area contributed by atoms with Gasteiger partial charge in [0.25, 0.3) is 29.5 Å². The summed E-state index contributed by atoms with van der Waals surface area (Å²) >= 11 is 0. The van der Waals surface area contributed by atoms with Crippen molar-refractivity contribution in [3.05, 3.63) is 132 Å². The molecule has 5 N–H and O–H groups in total. The molecule has 91 heavy (non-hydrogen) atoms. The number of rotatable bonds is 33. The highest BCUT2D eigenvalue weighted by atomic mass is 16.5. The highest BCUT2D eigenvalue weighted by Crippen LogP contribution is 2.35. The fourth-order valence-corrected chi connectivity index (χ4v) is 11.2. The summed E-state index contributed by atoms with van der Waals surface area (Å²) in [6.07, 6.45) is 14.4. The number of carbonyl (C=O) groups excluding carboxylic acids is 10. The number of ether oxygens (including phenoxy) is 3. The number of nitrogens with one attached hydrogen (secondary N) is 3. The van der Waals surface area contributed by atoms with Crippen LogP contribution >= 0.6 is 0 Å². The summed E-state index contributed by atoms with van der Waals surface area (Å²) in [5.41, 5.74) is 11.0. The predicted molar refractivity (Wildman–Crippen MR) is 339 cm³/mol. The highest BCUT2D eigenvalue weighted by Gasteiger charge is 2.34. The molecule has 0 bridgehead atoms. The van der Waals surface area contributed by atoms with Gasteiger partial charge < -0.3 is 54.5 Å². The number of unbranched alkanes of at least 4 members (excludes halogenated alkanes) is 1. The van der Waals surface area contributed by atoms with Crippen molar-refractivity contribution in [3.8, 4) is 5.75 Å². The summed E-state index contributed by atoms with van der Waals surface area (Å²) in [7, 11) is 5.01. The van der Waals surface area contributed by atoms with Gasteiger partial charge in [-0.3, -0.25) is 62.4 Å². The fraction of sp³-hybridized carbons (Fsp3) is 0.394. The van der Waals surface area contributed by atoms with Crippen LogP contribution in [0.5, 0.6) is 5.75 Å². The number of benzene rings is 2. The number of imidazole rings is 1. The Hall–Kier alpha value is -9.72. The van der Waals surface area contributed by atoms with E-state index in [1.165, 1.54) is 21.3 Å². The maximum absolute atomic E-state index is 14.1. The summed E-state index contributed by atoms with van der Waals surface area (Å²) in [5.74, 6) is -2.69. The quantitative estimate of drug-likeness (QED) is 0.0143. The minimum atomic E-state index is -0.614. The van der Waals surface area contributed by atoms with E-state index in [-0.39, 0.29) is 142 Å². The number of imide groups is 1. The molecule has 0 radical (unpaired) electrons. The molecule has 4 aromatic heterocycles. The lowest BCUT2D eigenvalue weighted by atomic mass is 9.94. The molecule has 1 saturated heterocycles. The molecular formula is C66H76N12O13. The number of nitrogens with two attached hydrogens (primary N) is 1. The van der Waals surface area contributed by atoms with Crippen LogP contribution in [0.3, 0.4) is 0 Å². The Kier molecular flexibility index (Phi) is 21.8. The number of fused-ring (bicyclic) bond motifs is 3. The zero-order valence-electron chi connectivity index (χ0n) is 51.6. The SMILES string of the molecule is C=C1C[C@H]2C=Nc3cc(OCCCC(=O)Nc4cn(C)c(C(=O)Cc5cc(C(=O)Nc6cc(C(=O)n7ccc8cc(NC(=O)[C@H](CCCCN)CC(=O)CCOCCOCCCC(=O)CCN9C(=O)C=CC9=O)ccc87)n(C)c6)n(C)c5)n4)c(C)cc3C(=O)N2C1. The van der Waals surface area contributed by atoms with E-state index < -0.39 is 23.6 Å².